The van der Waals surface area contributed by atoms with Gasteiger partial charge in [0.15, 0.2) is 0 Å². The van der Waals surface area contributed by atoms with Crippen LogP contribution in [0.25, 0.3) is 11.0 Å². The van der Waals surface area contributed by atoms with Gasteiger partial charge in [-0.3, -0.25) is 0 Å². The first-order valence-corrected chi connectivity index (χ1v) is 11.7. The molecule has 154 valence electrons. The van der Waals surface area contributed by atoms with Crippen LogP contribution in [0.15, 0.2) is 84.0 Å². The van der Waals surface area contributed by atoms with Gasteiger partial charge in [0.1, 0.15) is 0 Å². The lowest BCUT2D eigenvalue weighted by Crippen LogP contribution is -2.14. The third-order valence-corrected chi connectivity index (χ3v) is 6.84. The van der Waals surface area contributed by atoms with Gasteiger partial charge in [0, 0.05) is 0 Å². The Morgan fingerprint density at radius 1 is 0.800 bits per heavy atom. The Hall–Kier alpha value is -2.92. The molecule has 0 saturated heterocycles. The Morgan fingerprint density at radius 3 is 2.10 bits per heavy atom. The number of para-hydroxylation sites is 2. The van der Waals surface area contributed by atoms with Gasteiger partial charge < -0.3 is 4.57 Å². The van der Waals surface area contributed by atoms with Crippen molar-refractivity contribution in [1.29, 1.82) is 0 Å². The van der Waals surface area contributed by atoms with Gasteiger partial charge in [-0.05, 0) is 34.2 Å². The van der Waals surface area contributed by atoms with Crippen molar-refractivity contribution < 1.29 is 8.42 Å². The summed E-state index contributed by atoms with van der Waals surface area (Å²) in [4.78, 5) is 4.51. The number of hydrogen-bond donors (Lipinski definition) is 0. The third-order valence-electron chi connectivity index (χ3n) is 5.26. The highest BCUT2D eigenvalue weighted by molar-refractivity contribution is 7.90. The van der Waals surface area contributed by atoms with Gasteiger partial charge >= 0.3 is 0 Å². The molecular formula is C25H26N2O2S. The van der Waals surface area contributed by atoms with Crippen molar-refractivity contribution in [3.05, 3.63) is 95.6 Å². The van der Waals surface area contributed by atoms with E-state index < -0.39 is 9.84 Å². The molecule has 0 saturated carbocycles. The molecule has 0 atom stereocenters. The Balaban J connectivity index is 1.76. The number of aromatic nitrogens is 2. The zero-order chi connectivity index (χ0) is 21.4. The van der Waals surface area contributed by atoms with E-state index in [4.69, 9.17) is 0 Å². The van der Waals surface area contributed by atoms with Crippen LogP contribution in [0.5, 0.6) is 0 Å². The largest absolute Gasteiger partial charge is 0.310 e. The number of sulfone groups is 1. The highest BCUT2D eigenvalue weighted by Crippen LogP contribution is 2.26. The maximum Gasteiger partial charge on any atom is 0.229 e. The molecule has 0 bridgehead atoms. The van der Waals surface area contributed by atoms with Crippen LogP contribution < -0.4 is 0 Å². The molecule has 1 heterocycles. The first-order chi connectivity index (χ1) is 14.2. The lowest BCUT2D eigenvalue weighted by Gasteiger charge is -2.19. The van der Waals surface area contributed by atoms with Gasteiger partial charge in [0.05, 0.1) is 23.3 Å². The van der Waals surface area contributed by atoms with Crippen molar-refractivity contribution in [3.63, 3.8) is 0 Å². The molecule has 4 nitrogen and oxygen atoms in total. The summed E-state index contributed by atoms with van der Waals surface area (Å²) < 4.78 is 28.4. The van der Waals surface area contributed by atoms with E-state index in [1.165, 1.54) is 5.56 Å². The topological polar surface area (TPSA) is 52.0 Å². The van der Waals surface area contributed by atoms with Crippen molar-refractivity contribution in [2.24, 2.45) is 0 Å². The molecule has 3 aromatic carbocycles. The molecule has 0 amide bonds. The second-order valence-corrected chi connectivity index (χ2v) is 10.5. The molecule has 0 aliphatic rings. The fraction of sp³-hybridized carbons (Fsp3) is 0.240. The molecule has 1 aromatic heterocycles. The summed E-state index contributed by atoms with van der Waals surface area (Å²) >= 11 is 0. The van der Waals surface area contributed by atoms with Crippen molar-refractivity contribution in [2.75, 3.05) is 0 Å². The van der Waals surface area contributed by atoms with Crippen molar-refractivity contribution in [1.82, 2.24) is 9.55 Å². The molecule has 0 radical (unpaired) electrons. The van der Waals surface area contributed by atoms with E-state index in [0.29, 0.717) is 12.1 Å². The first kappa shape index (κ1) is 20.4. The number of rotatable bonds is 5. The predicted molar refractivity (Wildman–Crippen MR) is 121 cm³/mol. The number of benzene rings is 3. The van der Waals surface area contributed by atoms with Crippen molar-refractivity contribution in [3.8, 4) is 0 Å². The average Bonchev–Trinajstić information content (AvgIpc) is 3.08. The molecule has 0 fully saturated rings. The normalized spacial score (nSPS) is 12.4. The van der Waals surface area contributed by atoms with E-state index in [-0.39, 0.29) is 16.3 Å². The van der Waals surface area contributed by atoms with Gasteiger partial charge in [-0.1, -0.05) is 87.5 Å². The summed E-state index contributed by atoms with van der Waals surface area (Å²) in [5.74, 6) is -0.0693. The fourth-order valence-electron chi connectivity index (χ4n) is 3.59. The van der Waals surface area contributed by atoms with Gasteiger partial charge in [0.2, 0.25) is 15.0 Å². The van der Waals surface area contributed by atoms with Gasteiger partial charge in [-0.25, -0.2) is 13.4 Å². The van der Waals surface area contributed by atoms with E-state index >= 15 is 0 Å². The second-order valence-electron chi connectivity index (χ2n) is 8.66. The minimum atomic E-state index is -3.61. The third kappa shape index (κ3) is 4.17. The summed E-state index contributed by atoms with van der Waals surface area (Å²) in [5.41, 5.74) is 4.64. The maximum atomic E-state index is 13.3. The number of imidazole rings is 1. The van der Waals surface area contributed by atoms with Crippen molar-refractivity contribution >= 4 is 20.9 Å². The average molecular weight is 419 g/mol. The van der Waals surface area contributed by atoms with Crippen LogP contribution in [-0.4, -0.2) is 18.0 Å². The molecule has 0 aliphatic heterocycles. The fourth-order valence-corrected chi connectivity index (χ4v) is 5.09. The minimum Gasteiger partial charge on any atom is -0.310 e. The standard InChI is InChI=1S/C25H26N2O2S/c1-25(2,3)21-15-13-19(14-16-21)17-27-23-12-8-7-11-22(23)26-24(27)30(28,29)18-20-9-5-4-6-10-20/h4-16H,17-18H2,1-3H3. The van der Waals surface area contributed by atoms with E-state index in [1.54, 1.807) is 0 Å². The Labute approximate surface area is 178 Å². The lowest BCUT2D eigenvalue weighted by atomic mass is 9.87. The van der Waals surface area contributed by atoms with Crippen LogP contribution in [0.4, 0.5) is 0 Å². The summed E-state index contributed by atoms with van der Waals surface area (Å²) in [5, 5.41) is 0.118. The second kappa shape index (κ2) is 7.73. The summed E-state index contributed by atoms with van der Waals surface area (Å²) in [7, 11) is -3.61. The van der Waals surface area contributed by atoms with Crippen LogP contribution in [-0.2, 0) is 27.5 Å². The molecule has 30 heavy (non-hydrogen) atoms. The number of hydrogen-bond acceptors (Lipinski definition) is 3. The zero-order valence-electron chi connectivity index (χ0n) is 17.5. The van der Waals surface area contributed by atoms with E-state index in [2.05, 4.69) is 50.0 Å². The highest BCUT2D eigenvalue weighted by atomic mass is 32.2. The van der Waals surface area contributed by atoms with E-state index in [0.717, 1.165) is 16.6 Å². The van der Waals surface area contributed by atoms with Crippen LogP contribution in [0.3, 0.4) is 0 Å². The molecule has 4 rings (SSSR count). The maximum absolute atomic E-state index is 13.3. The quantitative estimate of drug-likeness (QED) is 0.439. The van der Waals surface area contributed by atoms with Gasteiger partial charge in [-0.15, -0.1) is 0 Å². The summed E-state index contributed by atoms with van der Waals surface area (Å²) in [6.45, 7) is 6.99. The number of fused-ring (bicyclic) bond motifs is 1. The minimum absolute atomic E-state index is 0.0693. The Bertz CT molecular complexity index is 1270. The molecule has 4 aromatic rings. The van der Waals surface area contributed by atoms with Crippen LogP contribution in [0, 0.1) is 0 Å². The SMILES string of the molecule is CC(C)(C)c1ccc(Cn2c(S(=O)(=O)Cc3ccccc3)nc3ccccc32)cc1. The van der Waals surface area contributed by atoms with E-state index in [9.17, 15) is 8.42 Å². The monoisotopic (exact) mass is 418 g/mol. The Kier molecular flexibility index (Phi) is 5.24. The van der Waals surface area contributed by atoms with E-state index in [1.807, 2.05) is 59.2 Å². The molecular weight excluding hydrogens is 392 g/mol. The van der Waals surface area contributed by atoms with Gasteiger partial charge in [-0.2, -0.15) is 0 Å². The smallest absolute Gasteiger partial charge is 0.229 e. The van der Waals surface area contributed by atoms with Gasteiger partial charge in [0.25, 0.3) is 0 Å². The molecule has 0 unspecified atom stereocenters. The van der Waals surface area contributed by atoms with Crippen molar-refractivity contribution in [2.45, 2.75) is 43.6 Å². The highest BCUT2D eigenvalue weighted by Gasteiger charge is 2.24. The molecule has 5 heteroatoms. The zero-order valence-corrected chi connectivity index (χ0v) is 18.4. The molecule has 0 spiro atoms. The van der Waals surface area contributed by atoms with Crippen LogP contribution >= 0.6 is 0 Å². The van der Waals surface area contributed by atoms with Crippen LogP contribution in [0.2, 0.25) is 0 Å². The lowest BCUT2D eigenvalue weighted by molar-refractivity contribution is 0.574. The first-order valence-electron chi connectivity index (χ1n) is 10.1. The summed E-state index contributed by atoms with van der Waals surface area (Å²) in [6.07, 6.45) is 0. The Morgan fingerprint density at radius 2 is 1.43 bits per heavy atom. The predicted octanol–water partition coefficient (Wildman–Crippen LogP) is 5.36. The number of nitrogens with zero attached hydrogens (tertiary/aromatic N) is 2. The van der Waals surface area contributed by atoms with Crippen LogP contribution in [0.1, 0.15) is 37.5 Å². The molecule has 0 N–H and O–H groups in total. The summed E-state index contributed by atoms with van der Waals surface area (Å²) in [6, 6.07) is 25.2. The molecule has 0 aliphatic carbocycles.